The van der Waals surface area contributed by atoms with Crippen LogP contribution in [0.3, 0.4) is 0 Å². The van der Waals surface area contributed by atoms with Crippen molar-refractivity contribution in [3.63, 3.8) is 0 Å². The van der Waals surface area contributed by atoms with Gasteiger partial charge in [0.2, 0.25) is 0 Å². The van der Waals surface area contributed by atoms with Crippen LogP contribution < -0.4 is 0 Å². The smallest absolute Gasteiger partial charge is 0.322 e. The van der Waals surface area contributed by atoms with Crippen LogP contribution in [-0.4, -0.2) is 43.3 Å². The van der Waals surface area contributed by atoms with Crippen LogP contribution in [0.4, 0.5) is 0 Å². The number of aliphatic carboxylic acids is 1. The van der Waals surface area contributed by atoms with Crippen LogP contribution in [-0.2, 0) is 17.9 Å². The predicted molar refractivity (Wildman–Crippen MR) is 86.9 cm³/mol. The molecule has 2 aliphatic rings. The molecule has 0 saturated heterocycles. The van der Waals surface area contributed by atoms with Crippen molar-refractivity contribution in [1.29, 1.82) is 0 Å². The van der Waals surface area contributed by atoms with Crippen molar-refractivity contribution < 1.29 is 9.90 Å². The first-order valence-electron chi connectivity index (χ1n) is 8.90. The second-order valence-corrected chi connectivity index (χ2v) is 7.40. The topological polar surface area (TPSA) is 71.2 Å². The zero-order valence-electron chi connectivity index (χ0n) is 14.2. The van der Waals surface area contributed by atoms with E-state index in [1.165, 1.54) is 38.5 Å². The summed E-state index contributed by atoms with van der Waals surface area (Å²) in [5, 5.41) is 17.9. The molecule has 1 aliphatic carbocycles. The molecule has 1 aromatic rings. The number of carboxylic acid groups (broad SMARTS) is 1. The molecule has 1 fully saturated rings. The lowest BCUT2D eigenvalue weighted by Crippen LogP contribution is -2.49. The number of fused-ring (bicyclic) bond motifs is 1. The van der Waals surface area contributed by atoms with Crippen LogP contribution in [0.15, 0.2) is 0 Å². The molecule has 6 heteroatoms. The molecule has 0 aromatic carbocycles. The summed E-state index contributed by atoms with van der Waals surface area (Å²) < 4.78 is 1.95. The van der Waals surface area contributed by atoms with Gasteiger partial charge in [-0.05, 0) is 25.2 Å². The largest absolute Gasteiger partial charge is 0.480 e. The lowest BCUT2D eigenvalue weighted by molar-refractivity contribution is -0.145. The average molecular weight is 320 g/mol. The third-order valence-electron chi connectivity index (χ3n) is 5.44. The first kappa shape index (κ1) is 16.4. The second kappa shape index (κ2) is 6.99. The third kappa shape index (κ3) is 3.74. The van der Waals surface area contributed by atoms with Gasteiger partial charge >= 0.3 is 5.97 Å². The van der Waals surface area contributed by atoms with Crippen LogP contribution in [0.25, 0.3) is 0 Å². The summed E-state index contributed by atoms with van der Waals surface area (Å²) >= 11 is 0. The molecule has 2 heterocycles. The highest BCUT2D eigenvalue weighted by molar-refractivity contribution is 5.73. The summed E-state index contributed by atoms with van der Waals surface area (Å²) in [6.45, 7) is 6.03. The van der Waals surface area contributed by atoms with E-state index >= 15 is 0 Å². The Bertz CT molecular complexity index is 551. The fourth-order valence-corrected chi connectivity index (χ4v) is 4.25. The molecule has 2 atom stereocenters. The summed E-state index contributed by atoms with van der Waals surface area (Å²) in [6, 6.07) is -0.467. The van der Waals surface area contributed by atoms with E-state index in [0.29, 0.717) is 19.0 Å². The van der Waals surface area contributed by atoms with E-state index in [4.69, 9.17) is 0 Å². The minimum absolute atomic E-state index is 0.458. The summed E-state index contributed by atoms with van der Waals surface area (Å²) in [5.74, 6) is 2.31. The Balaban J connectivity index is 1.64. The maximum absolute atomic E-state index is 11.7. The highest BCUT2D eigenvalue weighted by Gasteiger charge is 2.34. The van der Waals surface area contributed by atoms with Crippen molar-refractivity contribution in [2.75, 3.05) is 6.54 Å². The van der Waals surface area contributed by atoms with Crippen molar-refractivity contribution in [3.8, 4) is 0 Å². The van der Waals surface area contributed by atoms with Crippen molar-refractivity contribution in [3.05, 3.63) is 11.6 Å². The highest BCUT2D eigenvalue weighted by Crippen LogP contribution is 2.30. The number of rotatable bonds is 5. The van der Waals surface area contributed by atoms with Gasteiger partial charge in [0.05, 0.1) is 13.1 Å². The summed E-state index contributed by atoms with van der Waals surface area (Å²) in [6.07, 6.45) is 8.02. The number of hydrogen-bond acceptors (Lipinski definition) is 4. The van der Waals surface area contributed by atoms with Gasteiger partial charge in [-0.15, -0.1) is 10.2 Å². The van der Waals surface area contributed by atoms with E-state index in [9.17, 15) is 9.90 Å². The van der Waals surface area contributed by atoms with E-state index < -0.39 is 12.0 Å². The molecule has 1 N–H and O–H groups in total. The maximum Gasteiger partial charge on any atom is 0.322 e. The minimum atomic E-state index is -0.742. The van der Waals surface area contributed by atoms with E-state index in [2.05, 4.69) is 22.0 Å². The molecule has 0 spiro atoms. The zero-order chi connectivity index (χ0) is 16.4. The second-order valence-electron chi connectivity index (χ2n) is 7.40. The molecule has 0 amide bonds. The van der Waals surface area contributed by atoms with Gasteiger partial charge in [-0.3, -0.25) is 9.69 Å². The van der Waals surface area contributed by atoms with Crippen LogP contribution in [0.1, 0.15) is 57.1 Å². The monoisotopic (exact) mass is 320 g/mol. The SMILES string of the molecule is Cc1nnc2n1CC(C(=O)O)N(CC(C)CC1CCCCC1)C2. The van der Waals surface area contributed by atoms with Crippen molar-refractivity contribution in [2.45, 2.75) is 71.5 Å². The summed E-state index contributed by atoms with van der Waals surface area (Å²) in [4.78, 5) is 13.8. The Morgan fingerprint density at radius 3 is 2.74 bits per heavy atom. The van der Waals surface area contributed by atoms with Gasteiger partial charge in [0, 0.05) is 6.54 Å². The first-order valence-corrected chi connectivity index (χ1v) is 8.90. The average Bonchev–Trinajstić information content (AvgIpc) is 2.88. The Kier molecular flexibility index (Phi) is 4.99. The molecule has 128 valence electrons. The van der Waals surface area contributed by atoms with Crippen molar-refractivity contribution >= 4 is 5.97 Å². The van der Waals surface area contributed by atoms with Crippen molar-refractivity contribution in [1.82, 2.24) is 19.7 Å². The quantitative estimate of drug-likeness (QED) is 0.902. The maximum atomic E-state index is 11.7. The van der Waals surface area contributed by atoms with Crippen LogP contribution in [0.5, 0.6) is 0 Å². The predicted octanol–water partition coefficient (Wildman–Crippen LogP) is 2.46. The summed E-state index contributed by atoms with van der Waals surface area (Å²) in [7, 11) is 0. The molecule has 1 saturated carbocycles. The fourth-order valence-electron chi connectivity index (χ4n) is 4.25. The Labute approximate surface area is 137 Å². The third-order valence-corrected chi connectivity index (χ3v) is 5.44. The van der Waals surface area contributed by atoms with Gasteiger partial charge in [-0.25, -0.2) is 0 Å². The van der Waals surface area contributed by atoms with E-state index in [1.54, 1.807) is 0 Å². The van der Waals surface area contributed by atoms with E-state index in [0.717, 1.165) is 24.1 Å². The highest BCUT2D eigenvalue weighted by atomic mass is 16.4. The Hall–Kier alpha value is -1.43. The van der Waals surface area contributed by atoms with Gasteiger partial charge in [-0.2, -0.15) is 0 Å². The number of carboxylic acids is 1. The first-order chi connectivity index (χ1) is 11.0. The molecule has 1 aromatic heterocycles. The lowest BCUT2D eigenvalue weighted by atomic mass is 9.83. The molecule has 0 bridgehead atoms. The minimum Gasteiger partial charge on any atom is -0.480 e. The number of aromatic nitrogens is 3. The van der Waals surface area contributed by atoms with Crippen LogP contribution in [0, 0.1) is 18.8 Å². The van der Waals surface area contributed by atoms with Gasteiger partial charge in [0.1, 0.15) is 17.7 Å². The molecule has 23 heavy (non-hydrogen) atoms. The molecular weight excluding hydrogens is 292 g/mol. The number of nitrogens with zero attached hydrogens (tertiary/aromatic N) is 4. The molecule has 2 unspecified atom stereocenters. The number of hydrogen-bond donors (Lipinski definition) is 1. The molecule has 6 nitrogen and oxygen atoms in total. The molecule has 0 radical (unpaired) electrons. The number of aryl methyl sites for hydroxylation is 1. The fraction of sp³-hybridized carbons (Fsp3) is 0.824. The van der Waals surface area contributed by atoms with Crippen LogP contribution >= 0.6 is 0 Å². The summed E-state index contributed by atoms with van der Waals surface area (Å²) in [5.41, 5.74) is 0. The van der Waals surface area contributed by atoms with Gasteiger partial charge in [0.15, 0.2) is 0 Å². The van der Waals surface area contributed by atoms with Gasteiger partial charge < -0.3 is 9.67 Å². The van der Waals surface area contributed by atoms with Crippen LogP contribution in [0.2, 0.25) is 0 Å². The Morgan fingerprint density at radius 1 is 1.30 bits per heavy atom. The standard InChI is InChI=1S/C17H28N4O2/c1-12(8-14-6-4-3-5-7-14)9-20-11-16-19-18-13(2)21(16)10-15(20)17(22)23/h12,14-15H,3-11H2,1-2H3,(H,22,23). The van der Waals surface area contributed by atoms with Crippen molar-refractivity contribution in [2.24, 2.45) is 11.8 Å². The molecular formula is C17H28N4O2. The zero-order valence-corrected chi connectivity index (χ0v) is 14.2. The van der Waals surface area contributed by atoms with E-state index in [1.807, 2.05) is 11.5 Å². The lowest BCUT2D eigenvalue weighted by Gasteiger charge is -2.36. The normalized spacial score (nSPS) is 24.3. The molecule has 3 rings (SSSR count). The number of carbonyl (C=O) groups is 1. The Morgan fingerprint density at radius 2 is 2.04 bits per heavy atom. The molecule has 1 aliphatic heterocycles. The van der Waals surface area contributed by atoms with Gasteiger partial charge in [0.25, 0.3) is 0 Å². The van der Waals surface area contributed by atoms with Gasteiger partial charge in [-0.1, -0.05) is 39.0 Å². The van der Waals surface area contributed by atoms with E-state index in [-0.39, 0.29) is 0 Å².